The third-order valence-corrected chi connectivity index (χ3v) is 3.22. The monoisotopic (exact) mass is 295 g/mol. The van der Waals surface area contributed by atoms with Crippen molar-refractivity contribution in [3.63, 3.8) is 0 Å². The largest absolute Gasteiger partial charge is 0.497 e. The van der Waals surface area contributed by atoms with E-state index in [2.05, 4.69) is 0 Å². The fourth-order valence-electron chi connectivity index (χ4n) is 1.88. The number of hydrogen-bond acceptors (Lipinski definition) is 4. The molecule has 0 bridgehead atoms. The topological polar surface area (TPSA) is 59.0 Å². The summed E-state index contributed by atoms with van der Waals surface area (Å²) in [4.78, 5) is 13.6. The number of carbonyl (C=O) groups excluding carboxylic acids is 1. The maximum Gasteiger partial charge on any atom is 0.225 e. The first kappa shape index (κ1) is 17.3. The molecule has 1 amide bonds. The summed E-state index contributed by atoms with van der Waals surface area (Å²) < 4.78 is 10.6. The van der Waals surface area contributed by atoms with E-state index in [0.29, 0.717) is 13.0 Å². The summed E-state index contributed by atoms with van der Waals surface area (Å²) in [6.45, 7) is 1.31. The molecule has 1 aromatic rings. The SMILES string of the molecule is COc1ccc(OCCC(=O)N(C)CCCCCO)cc1. The summed E-state index contributed by atoms with van der Waals surface area (Å²) in [7, 11) is 3.42. The number of rotatable bonds is 10. The number of hydrogen-bond donors (Lipinski definition) is 1. The number of methoxy groups -OCH3 is 1. The molecule has 0 fully saturated rings. The van der Waals surface area contributed by atoms with Crippen LogP contribution >= 0.6 is 0 Å². The maximum absolute atomic E-state index is 11.9. The Morgan fingerprint density at radius 1 is 1.14 bits per heavy atom. The number of aliphatic hydroxyl groups excluding tert-OH is 1. The lowest BCUT2D eigenvalue weighted by molar-refractivity contribution is -0.130. The Hall–Kier alpha value is -1.75. The molecule has 1 aromatic carbocycles. The molecular weight excluding hydrogens is 270 g/mol. The highest BCUT2D eigenvalue weighted by molar-refractivity contribution is 5.75. The average molecular weight is 295 g/mol. The van der Waals surface area contributed by atoms with Gasteiger partial charge in [-0.1, -0.05) is 0 Å². The van der Waals surface area contributed by atoms with Crippen molar-refractivity contribution in [3.05, 3.63) is 24.3 Å². The van der Waals surface area contributed by atoms with Crippen molar-refractivity contribution >= 4 is 5.91 Å². The molecule has 0 aromatic heterocycles. The molecule has 5 heteroatoms. The van der Waals surface area contributed by atoms with Gasteiger partial charge in [0.25, 0.3) is 0 Å². The minimum absolute atomic E-state index is 0.0764. The zero-order chi connectivity index (χ0) is 15.5. The molecule has 1 N–H and O–H groups in total. The van der Waals surface area contributed by atoms with E-state index in [0.717, 1.165) is 37.3 Å². The highest BCUT2D eigenvalue weighted by Crippen LogP contribution is 2.17. The number of amides is 1. The van der Waals surface area contributed by atoms with Crippen LogP contribution in [0.25, 0.3) is 0 Å². The van der Waals surface area contributed by atoms with Crippen LogP contribution in [-0.4, -0.2) is 49.8 Å². The number of ether oxygens (including phenoxy) is 2. The minimum atomic E-state index is 0.0764. The zero-order valence-electron chi connectivity index (χ0n) is 12.9. The summed E-state index contributed by atoms with van der Waals surface area (Å²) in [6.07, 6.45) is 3.02. The van der Waals surface area contributed by atoms with Gasteiger partial charge in [-0.25, -0.2) is 0 Å². The van der Waals surface area contributed by atoms with E-state index in [9.17, 15) is 4.79 Å². The lowest BCUT2D eigenvalue weighted by atomic mass is 10.2. The highest BCUT2D eigenvalue weighted by Gasteiger charge is 2.08. The smallest absolute Gasteiger partial charge is 0.225 e. The Kier molecular flexibility index (Phi) is 8.28. The second-order valence-electron chi connectivity index (χ2n) is 4.87. The molecule has 118 valence electrons. The Labute approximate surface area is 126 Å². The Bertz CT molecular complexity index is 405. The van der Waals surface area contributed by atoms with E-state index in [1.54, 1.807) is 19.1 Å². The van der Waals surface area contributed by atoms with Crippen LogP contribution in [0.1, 0.15) is 25.7 Å². The second kappa shape index (κ2) is 10.0. The van der Waals surface area contributed by atoms with Crippen LogP contribution in [0, 0.1) is 0 Å². The first-order valence-electron chi connectivity index (χ1n) is 7.29. The number of carbonyl (C=O) groups is 1. The van der Waals surface area contributed by atoms with E-state index in [4.69, 9.17) is 14.6 Å². The predicted octanol–water partition coefficient (Wildman–Crippen LogP) is 2.09. The van der Waals surface area contributed by atoms with Crippen molar-refractivity contribution in [2.45, 2.75) is 25.7 Å². The van der Waals surface area contributed by atoms with Crippen LogP contribution in [0.3, 0.4) is 0 Å². The number of aliphatic hydroxyl groups is 1. The van der Waals surface area contributed by atoms with Crippen molar-refractivity contribution in [1.82, 2.24) is 4.90 Å². The van der Waals surface area contributed by atoms with Crippen molar-refractivity contribution in [2.24, 2.45) is 0 Å². The van der Waals surface area contributed by atoms with Gasteiger partial charge in [0.15, 0.2) is 0 Å². The van der Waals surface area contributed by atoms with Crippen molar-refractivity contribution in [1.29, 1.82) is 0 Å². The third kappa shape index (κ3) is 6.99. The average Bonchev–Trinajstić information content (AvgIpc) is 2.52. The van der Waals surface area contributed by atoms with Gasteiger partial charge >= 0.3 is 0 Å². The van der Waals surface area contributed by atoms with Crippen molar-refractivity contribution in [3.8, 4) is 11.5 Å². The normalized spacial score (nSPS) is 10.2. The van der Waals surface area contributed by atoms with Gasteiger partial charge in [0.1, 0.15) is 11.5 Å². The van der Waals surface area contributed by atoms with Crippen molar-refractivity contribution < 1.29 is 19.4 Å². The molecule has 0 radical (unpaired) electrons. The second-order valence-corrected chi connectivity index (χ2v) is 4.87. The van der Waals surface area contributed by atoms with Gasteiger partial charge in [-0.15, -0.1) is 0 Å². The lowest BCUT2D eigenvalue weighted by Gasteiger charge is -2.17. The minimum Gasteiger partial charge on any atom is -0.497 e. The van der Waals surface area contributed by atoms with Gasteiger partial charge in [-0.05, 0) is 43.5 Å². The lowest BCUT2D eigenvalue weighted by Crippen LogP contribution is -2.28. The molecule has 21 heavy (non-hydrogen) atoms. The number of unbranched alkanes of at least 4 members (excludes halogenated alkanes) is 2. The van der Waals surface area contributed by atoms with Gasteiger partial charge in [0, 0.05) is 20.2 Å². The first-order chi connectivity index (χ1) is 10.2. The Morgan fingerprint density at radius 3 is 2.43 bits per heavy atom. The molecule has 0 spiro atoms. The van der Waals surface area contributed by atoms with E-state index in [1.165, 1.54) is 0 Å². The van der Waals surface area contributed by atoms with Crippen LogP contribution in [0.5, 0.6) is 11.5 Å². The Balaban J connectivity index is 2.19. The van der Waals surface area contributed by atoms with E-state index >= 15 is 0 Å². The summed E-state index contributed by atoms with van der Waals surface area (Å²) in [5.41, 5.74) is 0. The molecule has 0 unspecified atom stereocenters. The fraction of sp³-hybridized carbons (Fsp3) is 0.562. The van der Waals surface area contributed by atoms with Crippen LogP contribution < -0.4 is 9.47 Å². The summed E-state index contributed by atoms with van der Waals surface area (Å²) in [6, 6.07) is 7.29. The van der Waals surface area contributed by atoms with Crippen LogP contribution in [0.4, 0.5) is 0 Å². The number of benzene rings is 1. The molecule has 0 aliphatic rings. The molecular formula is C16H25NO4. The van der Waals surface area contributed by atoms with Gasteiger partial charge in [0.05, 0.1) is 20.1 Å². The molecule has 0 heterocycles. The zero-order valence-corrected chi connectivity index (χ0v) is 12.9. The molecule has 5 nitrogen and oxygen atoms in total. The first-order valence-corrected chi connectivity index (χ1v) is 7.29. The molecule has 0 aliphatic heterocycles. The van der Waals surface area contributed by atoms with Gasteiger partial charge < -0.3 is 19.5 Å². The molecule has 0 saturated carbocycles. The molecule has 0 saturated heterocycles. The van der Waals surface area contributed by atoms with E-state index in [-0.39, 0.29) is 12.5 Å². The van der Waals surface area contributed by atoms with Crippen LogP contribution in [0.15, 0.2) is 24.3 Å². The van der Waals surface area contributed by atoms with Crippen LogP contribution in [-0.2, 0) is 4.79 Å². The third-order valence-electron chi connectivity index (χ3n) is 3.22. The molecule has 0 aliphatic carbocycles. The van der Waals surface area contributed by atoms with Crippen LogP contribution in [0.2, 0.25) is 0 Å². The van der Waals surface area contributed by atoms with Gasteiger partial charge in [0.2, 0.25) is 5.91 Å². The summed E-state index contributed by atoms with van der Waals surface area (Å²) in [5.74, 6) is 1.59. The summed E-state index contributed by atoms with van der Waals surface area (Å²) in [5, 5.41) is 8.69. The van der Waals surface area contributed by atoms with Gasteiger partial charge in [-0.3, -0.25) is 4.79 Å². The summed E-state index contributed by atoms with van der Waals surface area (Å²) >= 11 is 0. The quantitative estimate of drug-likeness (QED) is 0.671. The Morgan fingerprint density at radius 2 is 1.81 bits per heavy atom. The van der Waals surface area contributed by atoms with Crippen molar-refractivity contribution in [2.75, 3.05) is 33.9 Å². The molecule has 0 atom stereocenters. The standard InChI is InChI=1S/C16H25NO4/c1-17(11-4-3-5-12-18)16(19)10-13-21-15-8-6-14(20-2)7-9-15/h6-9,18H,3-5,10-13H2,1-2H3. The maximum atomic E-state index is 11.9. The van der Waals surface area contributed by atoms with E-state index in [1.807, 2.05) is 24.3 Å². The van der Waals surface area contributed by atoms with Gasteiger partial charge in [-0.2, -0.15) is 0 Å². The number of nitrogens with zero attached hydrogens (tertiary/aromatic N) is 1. The highest BCUT2D eigenvalue weighted by atomic mass is 16.5. The fourth-order valence-corrected chi connectivity index (χ4v) is 1.88. The van der Waals surface area contributed by atoms with E-state index < -0.39 is 0 Å². The predicted molar refractivity (Wildman–Crippen MR) is 81.7 cm³/mol. The molecule has 1 rings (SSSR count).